The average molecular weight is 234 g/mol. The molecule has 5 heteroatoms. The molecular weight excluding hydrogens is 221 g/mol. The molecule has 78 valence electrons. The molecule has 14 heavy (non-hydrogen) atoms. The van der Waals surface area contributed by atoms with E-state index in [1.165, 1.54) is 0 Å². The van der Waals surface area contributed by atoms with Crippen molar-refractivity contribution in [2.75, 3.05) is 18.0 Å². The zero-order chi connectivity index (χ0) is 9.26. The number of hydrogen-bond donors (Lipinski definition) is 1. The molecule has 1 aliphatic rings. The second-order valence-corrected chi connectivity index (χ2v) is 3.72. The van der Waals surface area contributed by atoms with Crippen LogP contribution in [0.25, 0.3) is 0 Å². The molecule has 1 unspecified atom stereocenters. The largest absolute Gasteiger partial charge is 0.369 e. The summed E-state index contributed by atoms with van der Waals surface area (Å²) in [5.41, 5.74) is 6.91. The quantitative estimate of drug-likeness (QED) is 0.752. The molecule has 3 nitrogen and oxygen atoms in total. The van der Waals surface area contributed by atoms with Crippen molar-refractivity contribution in [1.29, 1.82) is 0 Å². The lowest BCUT2D eigenvalue weighted by Crippen LogP contribution is -2.26. The highest BCUT2D eigenvalue weighted by molar-refractivity contribution is 6.29. The molecule has 0 aliphatic carbocycles. The van der Waals surface area contributed by atoms with Gasteiger partial charge in [0, 0.05) is 19.1 Å². The summed E-state index contributed by atoms with van der Waals surface area (Å²) >= 11 is 5.69. The molecule has 1 aromatic rings. The Morgan fingerprint density at radius 3 is 2.79 bits per heavy atom. The van der Waals surface area contributed by atoms with Crippen molar-refractivity contribution < 1.29 is 0 Å². The highest BCUT2D eigenvalue weighted by Gasteiger charge is 2.19. The van der Waals surface area contributed by atoms with E-state index in [4.69, 9.17) is 17.3 Å². The lowest BCUT2D eigenvalue weighted by molar-refractivity contribution is 0.752. The second kappa shape index (κ2) is 4.82. The van der Waals surface area contributed by atoms with Crippen LogP contribution in [0.3, 0.4) is 0 Å². The molecule has 0 radical (unpaired) electrons. The SMILES string of the molecule is Cl.NC1CCN(c2ccc(Cl)nc2)C1. The maximum absolute atomic E-state index is 5.80. The minimum atomic E-state index is 0. The van der Waals surface area contributed by atoms with Gasteiger partial charge in [-0.05, 0) is 18.6 Å². The Kier molecular flexibility index (Phi) is 3.98. The van der Waals surface area contributed by atoms with Gasteiger partial charge in [0.2, 0.25) is 0 Å². The van der Waals surface area contributed by atoms with Crippen LogP contribution in [0, 0.1) is 0 Å². The van der Waals surface area contributed by atoms with Crippen LogP contribution in [0.1, 0.15) is 6.42 Å². The number of aromatic nitrogens is 1. The molecule has 1 saturated heterocycles. The molecule has 1 fully saturated rings. The van der Waals surface area contributed by atoms with Crippen molar-refractivity contribution >= 4 is 29.7 Å². The molecule has 0 amide bonds. The smallest absolute Gasteiger partial charge is 0.129 e. The maximum Gasteiger partial charge on any atom is 0.129 e. The van der Waals surface area contributed by atoms with Gasteiger partial charge in [0.25, 0.3) is 0 Å². The number of rotatable bonds is 1. The summed E-state index contributed by atoms with van der Waals surface area (Å²) in [6.45, 7) is 1.94. The molecule has 0 spiro atoms. The fourth-order valence-corrected chi connectivity index (χ4v) is 1.69. The van der Waals surface area contributed by atoms with Gasteiger partial charge in [-0.1, -0.05) is 11.6 Å². The van der Waals surface area contributed by atoms with Crippen molar-refractivity contribution in [2.45, 2.75) is 12.5 Å². The topological polar surface area (TPSA) is 42.1 Å². The van der Waals surface area contributed by atoms with E-state index in [2.05, 4.69) is 9.88 Å². The third kappa shape index (κ3) is 2.50. The van der Waals surface area contributed by atoms with Crippen molar-refractivity contribution in [3.8, 4) is 0 Å². The highest BCUT2D eigenvalue weighted by Crippen LogP contribution is 2.19. The van der Waals surface area contributed by atoms with E-state index >= 15 is 0 Å². The minimum absolute atomic E-state index is 0. The first-order chi connectivity index (χ1) is 6.25. The minimum Gasteiger partial charge on any atom is -0.369 e. The summed E-state index contributed by atoms with van der Waals surface area (Å²) in [6.07, 6.45) is 2.85. The number of hydrogen-bond acceptors (Lipinski definition) is 3. The monoisotopic (exact) mass is 233 g/mol. The fourth-order valence-electron chi connectivity index (χ4n) is 1.58. The molecule has 1 atom stereocenters. The standard InChI is InChI=1S/C9H12ClN3.ClH/c10-9-2-1-8(5-12-9)13-4-3-7(11)6-13;/h1-2,5,7H,3-4,6,11H2;1H. The summed E-state index contributed by atoms with van der Waals surface area (Å²) in [5.74, 6) is 0. The summed E-state index contributed by atoms with van der Waals surface area (Å²) in [6, 6.07) is 4.09. The highest BCUT2D eigenvalue weighted by atomic mass is 35.5. The number of halogens is 2. The van der Waals surface area contributed by atoms with Gasteiger partial charge in [0.1, 0.15) is 5.15 Å². The van der Waals surface area contributed by atoms with Gasteiger partial charge in [-0.3, -0.25) is 0 Å². The number of nitrogens with two attached hydrogens (primary N) is 1. The average Bonchev–Trinajstić information content (AvgIpc) is 2.53. The Balaban J connectivity index is 0.000000980. The van der Waals surface area contributed by atoms with Crippen LogP contribution >= 0.6 is 24.0 Å². The predicted octanol–water partition coefficient (Wildman–Crippen LogP) is 1.69. The Labute approximate surface area is 94.7 Å². The lowest BCUT2D eigenvalue weighted by atomic mass is 10.3. The molecular formula is C9H13Cl2N3. The number of anilines is 1. The molecule has 2 rings (SSSR count). The molecule has 2 heterocycles. The Hall–Kier alpha value is -0.510. The van der Waals surface area contributed by atoms with Gasteiger partial charge in [-0.15, -0.1) is 12.4 Å². The van der Waals surface area contributed by atoms with E-state index in [0.717, 1.165) is 25.2 Å². The summed E-state index contributed by atoms with van der Waals surface area (Å²) in [7, 11) is 0. The first-order valence-electron chi connectivity index (χ1n) is 4.38. The van der Waals surface area contributed by atoms with Crippen molar-refractivity contribution in [2.24, 2.45) is 5.73 Å². The van der Waals surface area contributed by atoms with E-state index in [-0.39, 0.29) is 12.4 Å². The third-order valence-corrected chi connectivity index (χ3v) is 2.53. The van der Waals surface area contributed by atoms with Gasteiger partial charge >= 0.3 is 0 Å². The van der Waals surface area contributed by atoms with Crippen molar-refractivity contribution in [3.63, 3.8) is 0 Å². The first kappa shape index (κ1) is 11.6. The van der Waals surface area contributed by atoms with Crippen molar-refractivity contribution in [1.82, 2.24) is 4.98 Å². The van der Waals surface area contributed by atoms with Gasteiger partial charge in [0.05, 0.1) is 11.9 Å². The number of pyridine rings is 1. The molecule has 2 N–H and O–H groups in total. The van der Waals surface area contributed by atoms with Gasteiger partial charge in [0.15, 0.2) is 0 Å². The van der Waals surface area contributed by atoms with Gasteiger partial charge in [-0.2, -0.15) is 0 Å². The van der Waals surface area contributed by atoms with E-state index in [9.17, 15) is 0 Å². The summed E-state index contributed by atoms with van der Waals surface area (Å²) in [4.78, 5) is 6.26. The van der Waals surface area contributed by atoms with Crippen LogP contribution < -0.4 is 10.6 Å². The van der Waals surface area contributed by atoms with Crippen LogP contribution in [-0.2, 0) is 0 Å². The third-order valence-electron chi connectivity index (χ3n) is 2.30. The van der Waals surface area contributed by atoms with E-state index in [1.807, 2.05) is 6.07 Å². The van der Waals surface area contributed by atoms with Crippen LogP contribution in [-0.4, -0.2) is 24.1 Å². The number of nitrogens with zero attached hydrogens (tertiary/aromatic N) is 2. The fraction of sp³-hybridized carbons (Fsp3) is 0.444. The van der Waals surface area contributed by atoms with Crippen LogP contribution in [0.15, 0.2) is 18.3 Å². The normalized spacial score (nSPS) is 20.7. The van der Waals surface area contributed by atoms with Crippen LogP contribution in [0.5, 0.6) is 0 Å². The zero-order valence-electron chi connectivity index (χ0n) is 7.69. The van der Waals surface area contributed by atoms with E-state index < -0.39 is 0 Å². The molecule has 1 aliphatic heterocycles. The molecule has 0 bridgehead atoms. The van der Waals surface area contributed by atoms with Crippen molar-refractivity contribution in [3.05, 3.63) is 23.5 Å². The molecule has 0 saturated carbocycles. The molecule has 1 aromatic heterocycles. The van der Waals surface area contributed by atoms with Gasteiger partial charge < -0.3 is 10.6 Å². The van der Waals surface area contributed by atoms with Crippen LogP contribution in [0.2, 0.25) is 5.15 Å². The van der Waals surface area contributed by atoms with Gasteiger partial charge in [-0.25, -0.2) is 4.98 Å². The first-order valence-corrected chi connectivity index (χ1v) is 4.75. The van der Waals surface area contributed by atoms with Crippen LogP contribution in [0.4, 0.5) is 5.69 Å². The predicted molar refractivity (Wildman–Crippen MR) is 61.3 cm³/mol. The zero-order valence-corrected chi connectivity index (χ0v) is 9.26. The van der Waals surface area contributed by atoms with E-state index in [1.54, 1.807) is 12.3 Å². The maximum atomic E-state index is 5.80. The Bertz CT molecular complexity index is 289. The summed E-state index contributed by atoms with van der Waals surface area (Å²) in [5, 5.41) is 0.534. The molecule has 0 aromatic carbocycles. The summed E-state index contributed by atoms with van der Waals surface area (Å²) < 4.78 is 0. The lowest BCUT2D eigenvalue weighted by Gasteiger charge is -2.17. The van der Waals surface area contributed by atoms with E-state index in [0.29, 0.717) is 11.2 Å². The Morgan fingerprint density at radius 2 is 2.29 bits per heavy atom. The second-order valence-electron chi connectivity index (χ2n) is 3.33. The Morgan fingerprint density at radius 1 is 1.50 bits per heavy atom.